The molecule has 0 aliphatic heterocycles. The van der Waals surface area contributed by atoms with E-state index < -0.39 is 11.8 Å². The van der Waals surface area contributed by atoms with Crippen LogP contribution in [0.2, 0.25) is 0 Å². The fraction of sp³-hybridized carbons (Fsp3) is 0.214. The van der Waals surface area contributed by atoms with Crippen molar-refractivity contribution in [2.75, 3.05) is 13.7 Å². The molecule has 2 aromatic rings. The van der Waals surface area contributed by atoms with Crippen molar-refractivity contribution in [1.29, 1.82) is 0 Å². The van der Waals surface area contributed by atoms with Crippen molar-refractivity contribution in [2.24, 2.45) is 0 Å². The van der Waals surface area contributed by atoms with Crippen molar-refractivity contribution in [2.45, 2.75) is 6.42 Å². The zero-order chi connectivity index (χ0) is 15.2. The van der Waals surface area contributed by atoms with Gasteiger partial charge in [-0.15, -0.1) is 0 Å². The lowest BCUT2D eigenvalue weighted by molar-refractivity contribution is -0.121. The molecule has 0 saturated heterocycles. The van der Waals surface area contributed by atoms with Crippen LogP contribution in [0, 0.1) is 5.82 Å². The van der Waals surface area contributed by atoms with Crippen LogP contribution < -0.4 is 5.32 Å². The molecule has 6 nitrogen and oxygen atoms in total. The summed E-state index contributed by atoms with van der Waals surface area (Å²) >= 11 is 0. The van der Waals surface area contributed by atoms with Gasteiger partial charge in [0.25, 0.3) is 0 Å². The molecule has 2 N–H and O–H groups in total. The normalized spacial score (nSPS) is 10.2. The van der Waals surface area contributed by atoms with Crippen LogP contribution in [-0.2, 0) is 9.53 Å². The van der Waals surface area contributed by atoms with Gasteiger partial charge >= 0.3 is 5.97 Å². The highest BCUT2D eigenvalue weighted by molar-refractivity contribution is 5.96. The average molecular weight is 291 g/mol. The number of hydrogen-bond acceptors (Lipinski definition) is 4. The van der Waals surface area contributed by atoms with E-state index in [-0.39, 0.29) is 35.8 Å². The summed E-state index contributed by atoms with van der Waals surface area (Å²) in [5, 5.41) is 8.75. The lowest BCUT2D eigenvalue weighted by atomic mass is 10.1. The number of hydrogen-bond donors (Lipinski definition) is 2. The summed E-state index contributed by atoms with van der Waals surface area (Å²) in [4.78, 5) is 23.0. The lowest BCUT2D eigenvalue weighted by Gasteiger charge is -2.05. The van der Waals surface area contributed by atoms with Crippen LogP contribution >= 0.6 is 0 Å². The Morgan fingerprint density at radius 1 is 1.38 bits per heavy atom. The molecular weight excluding hydrogens is 277 g/mol. The van der Waals surface area contributed by atoms with E-state index >= 15 is 0 Å². The number of amides is 1. The summed E-state index contributed by atoms with van der Waals surface area (Å²) in [5.41, 5.74) is 0.600. The van der Waals surface area contributed by atoms with Crippen LogP contribution in [0.15, 0.2) is 30.5 Å². The van der Waals surface area contributed by atoms with Crippen molar-refractivity contribution in [3.8, 4) is 11.3 Å². The summed E-state index contributed by atoms with van der Waals surface area (Å²) in [7, 11) is 1.50. The summed E-state index contributed by atoms with van der Waals surface area (Å²) < 4.78 is 18.7. The largest absolute Gasteiger partial charge is 0.461 e. The maximum Gasteiger partial charge on any atom is 0.342 e. The minimum absolute atomic E-state index is 0.0552. The zero-order valence-corrected chi connectivity index (χ0v) is 11.4. The Morgan fingerprint density at radius 2 is 2.14 bits per heavy atom. The van der Waals surface area contributed by atoms with E-state index in [0.29, 0.717) is 0 Å². The Kier molecular flexibility index (Phi) is 4.65. The second-order valence-corrected chi connectivity index (χ2v) is 4.20. The molecule has 110 valence electrons. The molecule has 0 fully saturated rings. The number of H-pyrrole nitrogens is 1. The predicted molar refractivity (Wildman–Crippen MR) is 72.9 cm³/mol. The number of carbonyl (C=O) groups is 2. The molecule has 1 amide bonds. The van der Waals surface area contributed by atoms with E-state index in [2.05, 4.69) is 15.5 Å². The first-order chi connectivity index (χ1) is 10.1. The summed E-state index contributed by atoms with van der Waals surface area (Å²) in [6.45, 7) is -0.0552. The van der Waals surface area contributed by atoms with Gasteiger partial charge in [-0.05, 0) is 12.1 Å². The fourth-order valence-electron chi connectivity index (χ4n) is 1.75. The number of esters is 1. The van der Waals surface area contributed by atoms with Crippen LogP contribution in [-0.4, -0.2) is 35.7 Å². The van der Waals surface area contributed by atoms with Crippen molar-refractivity contribution < 1.29 is 18.7 Å². The highest BCUT2D eigenvalue weighted by atomic mass is 19.1. The molecule has 0 aliphatic carbocycles. The van der Waals surface area contributed by atoms with Crippen LogP contribution in [0.1, 0.15) is 16.8 Å². The first kappa shape index (κ1) is 14.7. The standard InChI is InChI=1S/C14H14FN3O3/c1-16-12(19)6-7-21-14(20)10-8-17-18-13(10)9-4-2-3-5-11(9)15/h2-5,8H,6-7H2,1H3,(H,16,19)(H,17,18). The van der Waals surface area contributed by atoms with E-state index in [1.807, 2.05) is 0 Å². The number of halogens is 1. The van der Waals surface area contributed by atoms with E-state index in [0.717, 1.165) is 0 Å². The molecule has 1 aromatic heterocycles. The van der Waals surface area contributed by atoms with Gasteiger partial charge in [-0.1, -0.05) is 12.1 Å². The highest BCUT2D eigenvalue weighted by Crippen LogP contribution is 2.24. The van der Waals surface area contributed by atoms with Crippen LogP contribution in [0.5, 0.6) is 0 Å². The zero-order valence-electron chi connectivity index (χ0n) is 11.4. The summed E-state index contributed by atoms with van der Waals surface area (Å²) in [5.74, 6) is -1.36. The number of benzene rings is 1. The minimum atomic E-state index is -0.661. The SMILES string of the molecule is CNC(=O)CCOC(=O)c1cn[nH]c1-c1ccccc1F. The first-order valence-corrected chi connectivity index (χ1v) is 6.29. The summed E-state index contributed by atoms with van der Waals surface area (Å²) in [6.07, 6.45) is 1.33. The van der Waals surface area contributed by atoms with Gasteiger partial charge < -0.3 is 10.1 Å². The van der Waals surface area contributed by atoms with Gasteiger partial charge in [0.2, 0.25) is 5.91 Å². The molecule has 1 heterocycles. The van der Waals surface area contributed by atoms with Gasteiger partial charge in [0.1, 0.15) is 18.0 Å². The third-order valence-corrected chi connectivity index (χ3v) is 2.84. The number of rotatable bonds is 5. The van der Waals surface area contributed by atoms with E-state index in [9.17, 15) is 14.0 Å². The number of aromatic amines is 1. The van der Waals surface area contributed by atoms with Gasteiger partial charge in [-0.3, -0.25) is 9.89 Å². The molecular formula is C14H14FN3O3. The molecule has 0 bridgehead atoms. The maximum absolute atomic E-state index is 13.7. The van der Waals surface area contributed by atoms with Crippen LogP contribution in [0.3, 0.4) is 0 Å². The number of carbonyl (C=O) groups excluding carboxylic acids is 2. The number of nitrogens with one attached hydrogen (secondary N) is 2. The molecule has 1 aromatic carbocycles. The fourth-order valence-corrected chi connectivity index (χ4v) is 1.75. The molecule has 0 atom stereocenters. The van der Waals surface area contributed by atoms with Gasteiger partial charge in [0, 0.05) is 12.6 Å². The van der Waals surface area contributed by atoms with E-state index in [1.165, 1.54) is 25.4 Å². The van der Waals surface area contributed by atoms with Gasteiger partial charge in [0.15, 0.2) is 0 Å². The molecule has 0 aliphatic rings. The van der Waals surface area contributed by atoms with Gasteiger partial charge in [-0.25, -0.2) is 9.18 Å². The summed E-state index contributed by atoms with van der Waals surface area (Å²) in [6, 6.07) is 6.03. The van der Waals surface area contributed by atoms with E-state index in [1.54, 1.807) is 12.1 Å². The molecule has 0 spiro atoms. The molecule has 0 radical (unpaired) electrons. The molecule has 0 unspecified atom stereocenters. The third kappa shape index (κ3) is 3.44. The molecule has 2 rings (SSSR count). The predicted octanol–water partition coefficient (Wildman–Crippen LogP) is 1.51. The van der Waals surface area contributed by atoms with Crippen molar-refractivity contribution in [1.82, 2.24) is 15.5 Å². The first-order valence-electron chi connectivity index (χ1n) is 6.29. The Morgan fingerprint density at radius 3 is 2.86 bits per heavy atom. The Bertz CT molecular complexity index is 654. The highest BCUT2D eigenvalue weighted by Gasteiger charge is 2.18. The molecule has 7 heteroatoms. The quantitative estimate of drug-likeness (QED) is 0.818. The van der Waals surface area contributed by atoms with Gasteiger partial charge in [0.05, 0.1) is 18.3 Å². The number of nitrogens with zero attached hydrogens (tertiary/aromatic N) is 1. The van der Waals surface area contributed by atoms with Crippen molar-refractivity contribution >= 4 is 11.9 Å². The van der Waals surface area contributed by atoms with Crippen LogP contribution in [0.25, 0.3) is 11.3 Å². The number of aromatic nitrogens is 2. The van der Waals surface area contributed by atoms with Gasteiger partial charge in [-0.2, -0.15) is 5.10 Å². The second kappa shape index (κ2) is 6.65. The second-order valence-electron chi connectivity index (χ2n) is 4.20. The lowest BCUT2D eigenvalue weighted by Crippen LogP contribution is -2.20. The Hall–Kier alpha value is -2.70. The Labute approximate surface area is 120 Å². The molecule has 0 saturated carbocycles. The maximum atomic E-state index is 13.7. The van der Waals surface area contributed by atoms with Crippen LogP contribution in [0.4, 0.5) is 4.39 Å². The monoisotopic (exact) mass is 291 g/mol. The van der Waals surface area contributed by atoms with E-state index in [4.69, 9.17) is 4.74 Å². The van der Waals surface area contributed by atoms with Crippen molar-refractivity contribution in [3.63, 3.8) is 0 Å². The Balaban J connectivity index is 2.12. The minimum Gasteiger partial charge on any atom is -0.461 e. The molecule has 21 heavy (non-hydrogen) atoms. The smallest absolute Gasteiger partial charge is 0.342 e. The number of ether oxygens (including phenoxy) is 1. The van der Waals surface area contributed by atoms with Crippen molar-refractivity contribution in [3.05, 3.63) is 41.8 Å². The average Bonchev–Trinajstić information content (AvgIpc) is 2.96. The third-order valence-electron chi connectivity index (χ3n) is 2.84. The topological polar surface area (TPSA) is 84.1 Å².